The Kier molecular flexibility index (Phi) is 3.33. The van der Waals surface area contributed by atoms with Gasteiger partial charge in [0, 0.05) is 23.9 Å². The lowest BCUT2D eigenvalue weighted by Crippen LogP contribution is -2.59. The molecule has 0 aromatic heterocycles. The van der Waals surface area contributed by atoms with Gasteiger partial charge in [-0.05, 0) is 27.7 Å². The SMILES string of the molecule is C=C(OC1CC(C)(C)NC(C)(C)C1)C(N)=O. The van der Waals surface area contributed by atoms with Crippen molar-refractivity contribution in [2.24, 2.45) is 5.73 Å². The summed E-state index contributed by atoms with van der Waals surface area (Å²) in [7, 11) is 0. The number of nitrogens with two attached hydrogens (primary N) is 1. The van der Waals surface area contributed by atoms with E-state index in [0.29, 0.717) is 0 Å². The number of primary amides is 1. The lowest BCUT2D eigenvalue weighted by molar-refractivity contribution is -0.120. The maximum atomic E-state index is 10.9. The molecule has 0 aliphatic carbocycles. The van der Waals surface area contributed by atoms with E-state index in [1.54, 1.807) is 0 Å². The van der Waals surface area contributed by atoms with Crippen LogP contribution in [0.3, 0.4) is 0 Å². The molecule has 3 N–H and O–H groups in total. The number of nitrogens with one attached hydrogen (secondary N) is 1. The number of carbonyl (C=O) groups excluding carboxylic acids is 1. The molecule has 92 valence electrons. The van der Waals surface area contributed by atoms with E-state index in [1.165, 1.54) is 0 Å². The molecular weight excluding hydrogens is 204 g/mol. The lowest BCUT2D eigenvalue weighted by Gasteiger charge is -2.46. The standard InChI is InChI=1S/C12H22N2O2/c1-8(10(13)15)16-9-6-11(2,3)14-12(4,5)7-9/h9,14H,1,6-7H2,2-5H3,(H2,13,15). The maximum absolute atomic E-state index is 10.9. The van der Waals surface area contributed by atoms with Crippen LogP contribution >= 0.6 is 0 Å². The van der Waals surface area contributed by atoms with Gasteiger partial charge in [0.1, 0.15) is 6.10 Å². The minimum Gasteiger partial charge on any atom is -0.485 e. The average molecular weight is 226 g/mol. The molecule has 1 aliphatic rings. The zero-order valence-electron chi connectivity index (χ0n) is 10.6. The first kappa shape index (κ1) is 13.0. The highest BCUT2D eigenvalue weighted by atomic mass is 16.5. The van der Waals surface area contributed by atoms with E-state index in [9.17, 15) is 4.79 Å². The Balaban J connectivity index is 2.68. The normalized spacial score (nSPS) is 23.8. The first-order valence-electron chi connectivity index (χ1n) is 5.56. The van der Waals surface area contributed by atoms with Gasteiger partial charge in [0.2, 0.25) is 0 Å². The summed E-state index contributed by atoms with van der Waals surface area (Å²) in [6, 6.07) is 0. The van der Waals surface area contributed by atoms with Crippen LogP contribution in [0.2, 0.25) is 0 Å². The van der Waals surface area contributed by atoms with Crippen molar-refractivity contribution < 1.29 is 9.53 Å². The molecule has 1 fully saturated rings. The summed E-state index contributed by atoms with van der Waals surface area (Å²) in [5.41, 5.74) is 5.09. The number of amides is 1. The summed E-state index contributed by atoms with van der Waals surface area (Å²) in [6.07, 6.45) is 1.66. The van der Waals surface area contributed by atoms with Gasteiger partial charge in [-0.3, -0.25) is 4.79 Å². The van der Waals surface area contributed by atoms with Crippen LogP contribution in [-0.2, 0) is 9.53 Å². The fourth-order valence-corrected chi connectivity index (χ4v) is 2.57. The molecule has 0 aromatic rings. The number of hydrogen-bond donors (Lipinski definition) is 2. The smallest absolute Gasteiger partial charge is 0.283 e. The molecule has 0 unspecified atom stereocenters. The van der Waals surface area contributed by atoms with Gasteiger partial charge in [0.25, 0.3) is 5.91 Å². The number of hydrogen-bond acceptors (Lipinski definition) is 3. The molecule has 0 aromatic carbocycles. The Morgan fingerprint density at radius 3 is 2.12 bits per heavy atom. The quantitative estimate of drug-likeness (QED) is 0.563. The van der Waals surface area contributed by atoms with E-state index in [2.05, 4.69) is 39.6 Å². The van der Waals surface area contributed by atoms with Gasteiger partial charge >= 0.3 is 0 Å². The van der Waals surface area contributed by atoms with E-state index in [0.717, 1.165) is 12.8 Å². The second kappa shape index (κ2) is 4.09. The molecule has 0 saturated carbocycles. The van der Waals surface area contributed by atoms with E-state index >= 15 is 0 Å². The van der Waals surface area contributed by atoms with Gasteiger partial charge in [-0.1, -0.05) is 6.58 Å². The van der Waals surface area contributed by atoms with E-state index in [1.807, 2.05) is 0 Å². The van der Waals surface area contributed by atoms with Crippen LogP contribution in [0.25, 0.3) is 0 Å². The van der Waals surface area contributed by atoms with Crippen LogP contribution in [0.5, 0.6) is 0 Å². The van der Waals surface area contributed by atoms with Crippen molar-refractivity contribution in [1.29, 1.82) is 0 Å². The Labute approximate surface area is 97.2 Å². The molecule has 1 rings (SSSR count). The maximum Gasteiger partial charge on any atom is 0.283 e. The van der Waals surface area contributed by atoms with Crippen LogP contribution in [0.15, 0.2) is 12.3 Å². The number of piperidine rings is 1. The molecule has 0 spiro atoms. The van der Waals surface area contributed by atoms with Crippen molar-refractivity contribution in [3.63, 3.8) is 0 Å². The van der Waals surface area contributed by atoms with E-state index < -0.39 is 5.91 Å². The zero-order valence-corrected chi connectivity index (χ0v) is 10.6. The predicted octanol–water partition coefficient (Wildman–Crippen LogP) is 1.31. The average Bonchev–Trinajstić information content (AvgIpc) is 1.96. The van der Waals surface area contributed by atoms with Crippen LogP contribution in [-0.4, -0.2) is 23.1 Å². The Bertz CT molecular complexity index is 292. The number of rotatable bonds is 3. The van der Waals surface area contributed by atoms with Crippen LogP contribution < -0.4 is 11.1 Å². The summed E-state index contributed by atoms with van der Waals surface area (Å²) >= 11 is 0. The third-order valence-electron chi connectivity index (χ3n) is 2.74. The largest absolute Gasteiger partial charge is 0.485 e. The van der Waals surface area contributed by atoms with Crippen molar-refractivity contribution in [2.75, 3.05) is 0 Å². The molecule has 4 nitrogen and oxygen atoms in total. The summed E-state index contributed by atoms with van der Waals surface area (Å²) in [5, 5.41) is 3.54. The fourth-order valence-electron chi connectivity index (χ4n) is 2.57. The monoisotopic (exact) mass is 226 g/mol. The molecule has 4 heteroatoms. The van der Waals surface area contributed by atoms with Crippen LogP contribution in [0, 0.1) is 0 Å². The van der Waals surface area contributed by atoms with Crippen molar-refractivity contribution >= 4 is 5.91 Å². The highest BCUT2D eigenvalue weighted by Crippen LogP contribution is 2.31. The summed E-state index contributed by atoms with van der Waals surface area (Å²) in [6.45, 7) is 12.0. The predicted molar refractivity (Wildman–Crippen MR) is 63.7 cm³/mol. The van der Waals surface area contributed by atoms with Crippen molar-refractivity contribution in [3.05, 3.63) is 12.3 Å². The molecule has 1 aliphatic heterocycles. The van der Waals surface area contributed by atoms with E-state index in [4.69, 9.17) is 10.5 Å². The number of ether oxygens (including phenoxy) is 1. The minimum atomic E-state index is -0.589. The molecule has 0 atom stereocenters. The zero-order chi connectivity index (χ0) is 12.6. The Morgan fingerprint density at radius 2 is 1.75 bits per heavy atom. The summed E-state index contributed by atoms with van der Waals surface area (Å²) < 4.78 is 5.51. The molecule has 0 bridgehead atoms. The van der Waals surface area contributed by atoms with Gasteiger partial charge in [-0.25, -0.2) is 0 Å². The van der Waals surface area contributed by atoms with Gasteiger partial charge in [-0.15, -0.1) is 0 Å². The molecule has 16 heavy (non-hydrogen) atoms. The highest BCUT2D eigenvalue weighted by molar-refractivity contribution is 5.89. The molecule has 1 amide bonds. The third-order valence-corrected chi connectivity index (χ3v) is 2.74. The Hall–Kier alpha value is -1.03. The second-order valence-corrected chi connectivity index (χ2v) is 5.83. The molecule has 1 heterocycles. The van der Waals surface area contributed by atoms with Gasteiger partial charge in [0.05, 0.1) is 0 Å². The third kappa shape index (κ3) is 3.52. The van der Waals surface area contributed by atoms with Crippen molar-refractivity contribution in [1.82, 2.24) is 5.32 Å². The van der Waals surface area contributed by atoms with Gasteiger partial charge in [-0.2, -0.15) is 0 Å². The Morgan fingerprint density at radius 1 is 1.31 bits per heavy atom. The molecule has 0 radical (unpaired) electrons. The molecular formula is C12H22N2O2. The lowest BCUT2D eigenvalue weighted by atomic mass is 9.81. The van der Waals surface area contributed by atoms with E-state index in [-0.39, 0.29) is 22.9 Å². The van der Waals surface area contributed by atoms with Gasteiger partial charge < -0.3 is 15.8 Å². The first-order valence-corrected chi connectivity index (χ1v) is 5.56. The minimum absolute atomic E-state index is 0.00810. The highest BCUT2D eigenvalue weighted by Gasteiger charge is 2.39. The fraction of sp³-hybridized carbons (Fsp3) is 0.750. The summed E-state index contributed by atoms with van der Waals surface area (Å²) in [5.74, 6) is -0.535. The van der Waals surface area contributed by atoms with Crippen molar-refractivity contribution in [3.8, 4) is 0 Å². The summed E-state index contributed by atoms with van der Waals surface area (Å²) in [4.78, 5) is 10.9. The van der Waals surface area contributed by atoms with Crippen molar-refractivity contribution in [2.45, 2.75) is 57.7 Å². The van der Waals surface area contributed by atoms with Crippen LogP contribution in [0.1, 0.15) is 40.5 Å². The first-order chi connectivity index (χ1) is 7.11. The van der Waals surface area contributed by atoms with Gasteiger partial charge in [0.15, 0.2) is 5.76 Å². The topological polar surface area (TPSA) is 64.3 Å². The number of carbonyl (C=O) groups is 1. The molecule has 1 saturated heterocycles. The van der Waals surface area contributed by atoms with Crippen LogP contribution in [0.4, 0.5) is 0 Å². The second-order valence-electron chi connectivity index (χ2n) is 5.83.